The van der Waals surface area contributed by atoms with E-state index in [9.17, 15) is 13.2 Å². The van der Waals surface area contributed by atoms with E-state index < -0.39 is 15.9 Å². The third kappa shape index (κ3) is 5.23. The van der Waals surface area contributed by atoms with Crippen LogP contribution in [0.15, 0.2) is 51.8 Å². The number of amides is 1. The maximum atomic E-state index is 12.8. The van der Waals surface area contributed by atoms with Crippen LogP contribution in [-0.4, -0.2) is 41.9 Å². The molecule has 1 amide bonds. The van der Waals surface area contributed by atoms with Crippen LogP contribution in [0.4, 0.5) is 6.01 Å². The Labute approximate surface area is 188 Å². The minimum absolute atomic E-state index is 0.0309. The number of benzene rings is 2. The fourth-order valence-corrected chi connectivity index (χ4v) is 4.63. The van der Waals surface area contributed by atoms with E-state index in [2.05, 4.69) is 15.5 Å². The summed E-state index contributed by atoms with van der Waals surface area (Å²) in [5.41, 5.74) is 3.29. The fourth-order valence-electron chi connectivity index (χ4n) is 3.14. The van der Waals surface area contributed by atoms with Gasteiger partial charge in [0.05, 0.1) is 4.90 Å². The van der Waals surface area contributed by atoms with E-state index in [-0.39, 0.29) is 16.5 Å². The van der Waals surface area contributed by atoms with Crippen LogP contribution in [-0.2, 0) is 10.0 Å². The Bertz CT molecular complexity index is 1190. The van der Waals surface area contributed by atoms with Crippen LogP contribution in [0.25, 0.3) is 11.5 Å². The first kappa shape index (κ1) is 23.6. The summed E-state index contributed by atoms with van der Waals surface area (Å²) in [6.07, 6.45) is 1.70. The van der Waals surface area contributed by atoms with Crippen molar-refractivity contribution in [3.8, 4) is 11.5 Å². The van der Waals surface area contributed by atoms with Crippen molar-refractivity contribution in [2.75, 3.05) is 18.4 Å². The van der Waals surface area contributed by atoms with Gasteiger partial charge >= 0.3 is 6.01 Å². The molecule has 32 heavy (non-hydrogen) atoms. The van der Waals surface area contributed by atoms with Gasteiger partial charge in [0.2, 0.25) is 15.9 Å². The second kappa shape index (κ2) is 10.1. The molecular formula is C23H28N4O4S. The van der Waals surface area contributed by atoms with Crippen LogP contribution in [0.3, 0.4) is 0 Å². The summed E-state index contributed by atoms with van der Waals surface area (Å²) < 4.78 is 32.6. The summed E-state index contributed by atoms with van der Waals surface area (Å²) in [5, 5.41) is 10.4. The third-order valence-electron chi connectivity index (χ3n) is 5.27. The molecule has 0 saturated heterocycles. The van der Waals surface area contributed by atoms with E-state index in [1.54, 1.807) is 0 Å². The van der Waals surface area contributed by atoms with Crippen molar-refractivity contribution in [1.29, 1.82) is 0 Å². The highest BCUT2D eigenvalue weighted by Crippen LogP contribution is 2.23. The summed E-state index contributed by atoms with van der Waals surface area (Å²) in [6, 6.07) is 11.6. The number of nitrogens with one attached hydrogen (secondary N) is 1. The molecule has 0 spiro atoms. The van der Waals surface area contributed by atoms with Crippen molar-refractivity contribution in [3.63, 3.8) is 0 Å². The molecule has 0 saturated carbocycles. The molecule has 170 valence electrons. The number of sulfonamides is 1. The lowest BCUT2D eigenvalue weighted by Gasteiger charge is -2.20. The average molecular weight is 457 g/mol. The predicted octanol–water partition coefficient (Wildman–Crippen LogP) is 4.42. The molecule has 1 aromatic heterocycles. The number of unbranched alkanes of at least 4 members (excludes halogenated alkanes) is 1. The normalized spacial score (nSPS) is 11.7. The number of aryl methyl sites for hydroxylation is 2. The Hall–Kier alpha value is -3.04. The van der Waals surface area contributed by atoms with Gasteiger partial charge in [-0.3, -0.25) is 10.1 Å². The minimum Gasteiger partial charge on any atom is -0.403 e. The summed E-state index contributed by atoms with van der Waals surface area (Å²) in [5.74, 6) is -0.167. The molecule has 3 rings (SSSR count). The fraction of sp³-hybridized carbons (Fsp3) is 0.348. The third-order valence-corrected chi connectivity index (χ3v) is 7.26. The van der Waals surface area contributed by atoms with E-state index in [4.69, 9.17) is 4.42 Å². The number of anilines is 1. The first-order chi connectivity index (χ1) is 15.3. The lowest BCUT2D eigenvalue weighted by molar-refractivity contribution is 0.102. The van der Waals surface area contributed by atoms with E-state index in [1.807, 2.05) is 45.9 Å². The second-order valence-corrected chi connectivity index (χ2v) is 9.48. The van der Waals surface area contributed by atoms with E-state index >= 15 is 0 Å². The first-order valence-corrected chi connectivity index (χ1v) is 12.0. The summed E-state index contributed by atoms with van der Waals surface area (Å²) in [6.45, 7) is 8.70. The van der Waals surface area contributed by atoms with Crippen molar-refractivity contribution >= 4 is 21.9 Å². The average Bonchev–Trinajstić information content (AvgIpc) is 3.24. The molecule has 1 heterocycles. The highest BCUT2D eigenvalue weighted by molar-refractivity contribution is 7.89. The zero-order chi connectivity index (χ0) is 23.3. The number of nitrogens with zero attached hydrogens (tertiary/aromatic N) is 3. The largest absolute Gasteiger partial charge is 0.403 e. The SMILES string of the molecule is CCCCN(CC)S(=O)(=O)c1ccc(C(=O)Nc2nnc(-c3ccc(C)c(C)c3)o2)cc1. The maximum Gasteiger partial charge on any atom is 0.322 e. The summed E-state index contributed by atoms with van der Waals surface area (Å²) in [4.78, 5) is 12.7. The number of rotatable bonds is 9. The quantitative estimate of drug-likeness (QED) is 0.511. The number of carbonyl (C=O) groups excluding carboxylic acids is 1. The van der Waals surface area contributed by atoms with E-state index in [0.717, 1.165) is 29.5 Å². The van der Waals surface area contributed by atoms with Crippen LogP contribution in [0, 0.1) is 13.8 Å². The maximum absolute atomic E-state index is 12.8. The van der Waals surface area contributed by atoms with Crippen molar-refractivity contribution in [2.24, 2.45) is 0 Å². The van der Waals surface area contributed by atoms with Gasteiger partial charge in [0, 0.05) is 24.2 Å². The van der Waals surface area contributed by atoms with Crippen LogP contribution in [0.5, 0.6) is 0 Å². The van der Waals surface area contributed by atoms with Gasteiger partial charge in [-0.25, -0.2) is 8.42 Å². The van der Waals surface area contributed by atoms with Gasteiger partial charge < -0.3 is 4.42 Å². The van der Waals surface area contributed by atoms with Crippen LogP contribution >= 0.6 is 0 Å². The van der Waals surface area contributed by atoms with Gasteiger partial charge in [-0.15, -0.1) is 5.10 Å². The Morgan fingerprint density at radius 1 is 1.03 bits per heavy atom. The predicted molar refractivity (Wildman–Crippen MR) is 123 cm³/mol. The van der Waals surface area contributed by atoms with Gasteiger partial charge in [0.1, 0.15) is 0 Å². The molecule has 0 radical (unpaired) electrons. The van der Waals surface area contributed by atoms with Gasteiger partial charge in [-0.05, 0) is 67.8 Å². The molecule has 0 fully saturated rings. The standard InChI is InChI=1S/C23H28N4O4S/c1-5-7-14-27(6-2)32(29,30)20-12-10-18(11-13-20)21(28)24-23-26-25-22(31-23)19-9-8-16(3)17(4)15-19/h8-13,15H,5-7,14H2,1-4H3,(H,24,26,28). The smallest absolute Gasteiger partial charge is 0.322 e. The number of hydrogen-bond donors (Lipinski definition) is 1. The number of aromatic nitrogens is 2. The number of carbonyl (C=O) groups is 1. The molecule has 0 bridgehead atoms. The van der Waals surface area contributed by atoms with Gasteiger partial charge in [-0.1, -0.05) is 31.4 Å². The Kier molecular flexibility index (Phi) is 7.42. The Morgan fingerprint density at radius 2 is 1.75 bits per heavy atom. The zero-order valence-electron chi connectivity index (χ0n) is 18.8. The lowest BCUT2D eigenvalue weighted by Crippen LogP contribution is -2.31. The summed E-state index contributed by atoms with van der Waals surface area (Å²) in [7, 11) is -3.60. The second-order valence-electron chi connectivity index (χ2n) is 7.54. The summed E-state index contributed by atoms with van der Waals surface area (Å²) >= 11 is 0. The molecule has 0 aliphatic rings. The van der Waals surface area contributed by atoms with Gasteiger partial charge in [0.25, 0.3) is 5.91 Å². The first-order valence-electron chi connectivity index (χ1n) is 10.6. The Morgan fingerprint density at radius 3 is 2.38 bits per heavy atom. The lowest BCUT2D eigenvalue weighted by atomic mass is 10.1. The Balaban J connectivity index is 1.71. The van der Waals surface area contributed by atoms with Crippen LogP contribution in [0.2, 0.25) is 0 Å². The van der Waals surface area contributed by atoms with Gasteiger partial charge in [0.15, 0.2) is 0 Å². The molecule has 0 unspecified atom stereocenters. The molecule has 9 heteroatoms. The minimum atomic E-state index is -3.60. The van der Waals surface area contributed by atoms with Gasteiger partial charge in [-0.2, -0.15) is 4.31 Å². The molecular weight excluding hydrogens is 428 g/mol. The molecule has 0 aliphatic heterocycles. The van der Waals surface area contributed by atoms with Crippen LogP contribution < -0.4 is 5.32 Å². The highest BCUT2D eigenvalue weighted by atomic mass is 32.2. The van der Waals surface area contributed by atoms with E-state index in [1.165, 1.54) is 28.6 Å². The van der Waals surface area contributed by atoms with Crippen molar-refractivity contribution in [2.45, 2.75) is 45.4 Å². The molecule has 8 nitrogen and oxygen atoms in total. The van der Waals surface area contributed by atoms with Crippen LogP contribution in [0.1, 0.15) is 48.2 Å². The van der Waals surface area contributed by atoms with Crippen molar-refractivity contribution in [1.82, 2.24) is 14.5 Å². The molecule has 2 aromatic carbocycles. The molecule has 3 aromatic rings. The van der Waals surface area contributed by atoms with Crippen molar-refractivity contribution < 1.29 is 17.6 Å². The number of hydrogen-bond acceptors (Lipinski definition) is 6. The van der Waals surface area contributed by atoms with Crippen molar-refractivity contribution in [3.05, 3.63) is 59.2 Å². The molecule has 0 aliphatic carbocycles. The molecule has 1 N–H and O–H groups in total. The monoisotopic (exact) mass is 456 g/mol. The topological polar surface area (TPSA) is 105 Å². The van der Waals surface area contributed by atoms with E-state index in [0.29, 0.717) is 19.0 Å². The zero-order valence-corrected chi connectivity index (χ0v) is 19.6. The highest BCUT2D eigenvalue weighted by Gasteiger charge is 2.23. The molecule has 0 atom stereocenters.